The van der Waals surface area contributed by atoms with Crippen molar-refractivity contribution in [2.24, 2.45) is 0 Å². The fourth-order valence-electron chi connectivity index (χ4n) is 2.90. The summed E-state index contributed by atoms with van der Waals surface area (Å²) in [5.74, 6) is 2.11. The van der Waals surface area contributed by atoms with Gasteiger partial charge < -0.3 is 19.7 Å². The van der Waals surface area contributed by atoms with Gasteiger partial charge in [-0.2, -0.15) is 11.8 Å². The first-order valence-electron chi connectivity index (χ1n) is 9.50. The zero-order valence-corrected chi connectivity index (χ0v) is 17.2. The number of ether oxygens (including phenoxy) is 2. The highest BCUT2D eigenvalue weighted by atomic mass is 32.2. The molecular formula is C21H25N3O4S. The maximum atomic E-state index is 12.6. The Labute approximate surface area is 174 Å². The van der Waals surface area contributed by atoms with Crippen molar-refractivity contribution >= 4 is 29.3 Å². The number of carbonyl (C=O) groups is 2. The second kappa shape index (κ2) is 10.8. The van der Waals surface area contributed by atoms with Gasteiger partial charge in [-0.1, -0.05) is 12.1 Å². The summed E-state index contributed by atoms with van der Waals surface area (Å²) >= 11 is 1.88. The van der Waals surface area contributed by atoms with E-state index in [0.29, 0.717) is 30.9 Å². The number of amides is 2. The Morgan fingerprint density at radius 1 is 1.14 bits per heavy atom. The zero-order valence-electron chi connectivity index (χ0n) is 16.4. The SMILES string of the molecule is COCCOc1ncccc1C(=O)Nc1ccc(CC(=O)N2CCSCC2)cc1. The zero-order chi connectivity index (χ0) is 20.5. The summed E-state index contributed by atoms with van der Waals surface area (Å²) in [5.41, 5.74) is 1.93. The highest BCUT2D eigenvalue weighted by Crippen LogP contribution is 2.18. The number of methoxy groups -OCH3 is 1. The molecule has 0 saturated carbocycles. The van der Waals surface area contributed by atoms with Crippen LogP contribution in [0.4, 0.5) is 5.69 Å². The molecule has 0 spiro atoms. The number of pyridine rings is 1. The van der Waals surface area contributed by atoms with Gasteiger partial charge in [-0.15, -0.1) is 0 Å². The van der Waals surface area contributed by atoms with Gasteiger partial charge in [0.15, 0.2) is 0 Å². The van der Waals surface area contributed by atoms with Gasteiger partial charge >= 0.3 is 0 Å². The van der Waals surface area contributed by atoms with E-state index in [9.17, 15) is 9.59 Å². The van der Waals surface area contributed by atoms with Crippen LogP contribution in [0.3, 0.4) is 0 Å². The third-order valence-electron chi connectivity index (χ3n) is 4.47. The molecule has 0 radical (unpaired) electrons. The Kier molecular flexibility index (Phi) is 7.89. The molecule has 7 nitrogen and oxygen atoms in total. The van der Waals surface area contributed by atoms with Gasteiger partial charge in [0.05, 0.1) is 13.0 Å². The van der Waals surface area contributed by atoms with Gasteiger partial charge in [0.2, 0.25) is 11.8 Å². The Bertz CT molecular complexity index is 823. The molecule has 1 aromatic carbocycles. The largest absolute Gasteiger partial charge is 0.475 e. The van der Waals surface area contributed by atoms with Crippen LogP contribution in [0.2, 0.25) is 0 Å². The summed E-state index contributed by atoms with van der Waals surface area (Å²) in [6.07, 6.45) is 1.95. The monoisotopic (exact) mass is 415 g/mol. The second-order valence-electron chi connectivity index (χ2n) is 6.52. The lowest BCUT2D eigenvalue weighted by atomic mass is 10.1. The van der Waals surface area contributed by atoms with E-state index in [1.165, 1.54) is 0 Å². The van der Waals surface area contributed by atoms with E-state index in [1.807, 2.05) is 28.8 Å². The summed E-state index contributed by atoms with van der Waals surface area (Å²) in [5, 5.41) is 2.84. The molecule has 8 heteroatoms. The summed E-state index contributed by atoms with van der Waals surface area (Å²) in [6.45, 7) is 2.36. The van der Waals surface area contributed by atoms with Crippen molar-refractivity contribution in [1.29, 1.82) is 0 Å². The number of hydrogen-bond donors (Lipinski definition) is 1. The lowest BCUT2D eigenvalue weighted by Crippen LogP contribution is -2.38. The van der Waals surface area contributed by atoms with E-state index in [4.69, 9.17) is 9.47 Å². The first-order chi connectivity index (χ1) is 14.2. The van der Waals surface area contributed by atoms with Crippen molar-refractivity contribution in [1.82, 2.24) is 9.88 Å². The number of thioether (sulfide) groups is 1. The van der Waals surface area contributed by atoms with Gasteiger partial charge in [0, 0.05) is 43.6 Å². The standard InChI is InChI=1S/C21H25N3O4S/c1-27-11-12-28-21-18(3-2-8-22-21)20(26)23-17-6-4-16(5-7-17)15-19(25)24-9-13-29-14-10-24/h2-8H,9-15H2,1H3,(H,23,26). The van der Waals surface area contributed by atoms with Crippen molar-refractivity contribution in [3.63, 3.8) is 0 Å². The second-order valence-corrected chi connectivity index (χ2v) is 7.74. The van der Waals surface area contributed by atoms with Crippen molar-refractivity contribution in [3.05, 3.63) is 53.7 Å². The Morgan fingerprint density at radius 3 is 2.62 bits per heavy atom. The number of benzene rings is 1. The van der Waals surface area contributed by atoms with Crippen LogP contribution in [0.15, 0.2) is 42.6 Å². The highest BCUT2D eigenvalue weighted by Gasteiger charge is 2.17. The van der Waals surface area contributed by atoms with E-state index in [0.717, 1.165) is 30.2 Å². The molecule has 1 aliphatic rings. The van der Waals surface area contributed by atoms with E-state index in [2.05, 4.69) is 10.3 Å². The van der Waals surface area contributed by atoms with Crippen molar-refractivity contribution in [2.75, 3.05) is 50.2 Å². The molecule has 1 aliphatic heterocycles. The van der Waals surface area contributed by atoms with Crippen LogP contribution in [0.25, 0.3) is 0 Å². The number of carbonyl (C=O) groups excluding carboxylic acids is 2. The Morgan fingerprint density at radius 2 is 1.90 bits per heavy atom. The summed E-state index contributed by atoms with van der Waals surface area (Å²) < 4.78 is 10.5. The van der Waals surface area contributed by atoms with E-state index in [-0.39, 0.29) is 17.7 Å². The molecule has 0 aliphatic carbocycles. The van der Waals surface area contributed by atoms with Crippen LogP contribution in [-0.4, -0.2) is 66.6 Å². The van der Waals surface area contributed by atoms with Crippen LogP contribution in [0, 0.1) is 0 Å². The average molecular weight is 416 g/mol. The fraction of sp³-hybridized carbons (Fsp3) is 0.381. The van der Waals surface area contributed by atoms with Crippen LogP contribution < -0.4 is 10.1 Å². The van der Waals surface area contributed by atoms with Crippen molar-refractivity contribution in [2.45, 2.75) is 6.42 Å². The van der Waals surface area contributed by atoms with Gasteiger partial charge in [-0.25, -0.2) is 4.98 Å². The Balaban J connectivity index is 1.58. The lowest BCUT2D eigenvalue weighted by Gasteiger charge is -2.26. The maximum Gasteiger partial charge on any atom is 0.261 e. The molecule has 29 heavy (non-hydrogen) atoms. The van der Waals surface area contributed by atoms with E-state index in [1.54, 1.807) is 37.6 Å². The quantitative estimate of drug-likeness (QED) is 0.667. The summed E-state index contributed by atoms with van der Waals surface area (Å²) in [4.78, 5) is 31.0. The fourth-order valence-corrected chi connectivity index (χ4v) is 3.81. The Hall–Kier alpha value is -2.58. The minimum absolute atomic E-state index is 0.148. The molecule has 0 atom stereocenters. The number of hydrogen-bond acceptors (Lipinski definition) is 6. The van der Waals surface area contributed by atoms with E-state index >= 15 is 0 Å². The lowest BCUT2D eigenvalue weighted by molar-refractivity contribution is -0.130. The third-order valence-corrected chi connectivity index (χ3v) is 5.42. The molecule has 154 valence electrons. The first-order valence-corrected chi connectivity index (χ1v) is 10.7. The molecule has 1 aromatic heterocycles. The summed E-state index contributed by atoms with van der Waals surface area (Å²) in [6, 6.07) is 10.7. The molecule has 2 amide bonds. The molecule has 2 aromatic rings. The van der Waals surface area contributed by atoms with Crippen LogP contribution >= 0.6 is 11.8 Å². The molecule has 3 rings (SSSR count). The number of anilines is 1. The average Bonchev–Trinajstić information content (AvgIpc) is 2.76. The van der Waals surface area contributed by atoms with Crippen molar-refractivity contribution in [3.8, 4) is 5.88 Å². The van der Waals surface area contributed by atoms with Crippen LogP contribution in [-0.2, 0) is 16.0 Å². The summed E-state index contributed by atoms with van der Waals surface area (Å²) in [7, 11) is 1.58. The molecular weight excluding hydrogens is 390 g/mol. The van der Waals surface area contributed by atoms with Crippen LogP contribution in [0.1, 0.15) is 15.9 Å². The number of rotatable bonds is 8. The molecule has 1 saturated heterocycles. The third kappa shape index (κ3) is 6.20. The normalized spacial score (nSPS) is 13.8. The predicted octanol–water partition coefficient (Wildman–Crippen LogP) is 2.48. The van der Waals surface area contributed by atoms with E-state index < -0.39 is 0 Å². The van der Waals surface area contributed by atoms with Crippen molar-refractivity contribution < 1.29 is 19.1 Å². The van der Waals surface area contributed by atoms with Gasteiger partial charge in [0.1, 0.15) is 12.2 Å². The first kappa shape index (κ1) is 21.1. The predicted molar refractivity (Wildman–Crippen MR) is 114 cm³/mol. The van der Waals surface area contributed by atoms with Gasteiger partial charge in [-0.3, -0.25) is 9.59 Å². The molecule has 0 unspecified atom stereocenters. The minimum Gasteiger partial charge on any atom is -0.475 e. The number of nitrogens with zero attached hydrogens (tertiary/aromatic N) is 2. The minimum atomic E-state index is -0.305. The number of nitrogens with one attached hydrogen (secondary N) is 1. The topological polar surface area (TPSA) is 80.8 Å². The highest BCUT2D eigenvalue weighted by molar-refractivity contribution is 7.99. The molecule has 0 bridgehead atoms. The van der Waals surface area contributed by atoms with Gasteiger partial charge in [-0.05, 0) is 29.8 Å². The smallest absolute Gasteiger partial charge is 0.261 e. The molecule has 1 fully saturated rings. The maximum absolute atomic E-state index is 12.6. The molecule has 2 heterocycles. The number of aromatic nitrogens is 1. The van der Waals surface area contributed by atoms with Crippen LogP contribution in [0.5, 0.6) is 5.88 Å². The molecule has 1 N–H and O–H groups in total. The van der Waals surface area contributed by atoms with Gasteiger partial charge in [0.25, 0.3) is 5.91 Å².